The van der Waals surface area contributed by atoms with Crippen molar-refractivity contribution in [3.63, 3.8) is 0 Å². The number of carboxylic acids is 1. The first-order valence-corrected chi connectivity index (χ1v) is 16.2. The van der Waals surface area contributed by atoms with Crippen LogP contribution in [0.2, 0.25) is 13.1 Å². The van der Waals surface area contributed by atoms with Crippen LogP contribution in [0.25, 0.3) is 0 Å². The zero-order valence-electron chi connectivity index (χ0n) is 25.0. The normalized spacial score (nSPS) is 21.2. The van der Waals surface area contributed by atoms with Gasteiger partial charge in [0.25, 0.3) is 0 Å². The number of aryl methyl sites for hydroxylation is 1. The number of aliphatic carboxylic acids is 1. The van der Waals surface area contributed by atoms with Gasteiger partial charge in [0.2, 0.25) is 49.8 Å². The van der Waals surface area contributed by atoms with Crippen LogP contribution >= 0.6 is 0 Å². The molecule has 1 radical (unpaired) electrons. The van der Waals surface area contributed by atoms with Gasteiger partial charge in [0.15, 0.2) is 5.78 Å². The number of rotatable bonds is 6. The highest BCUT2D eigenvalue weighted by Crippen LogP contribution is 2.51. The van der Waals surface area contributed by atoms with Crippen LogP contribution in [0.4, 0.5) is 22.0 Å². The monoisotopic (exact) mass is 654 g/mol. The van der Waals surface area contributed by atoms with E-state index in [1.165, 1.54) is 6.07 Å². The molecule has 1 aliphatic heterocycles. The molecule has 1 fully saturated rings. The predicted octanol–water partition coefficient (Wildman–Crippen LogP) is 4.86. The van der Waals surface area contributed by atoms with E-state index in [4.69, 9.17) is 4.43 Å². The number of carboxylic acid groups (broad SMARTS) is 1. The first-order chi connectivity index (χ1) is 20.7. The lowest BCUT2D eigenvalue weighted by Gasteiger charge is -2.59. The summed E-state index contributed by atoms with van der Waals surface area (Å²) in [6.07, 6.45) is 0.281. The Bertz CT molecular complexity index is 1610. The van der Waals surface area contributed by atoms with Crippen LogP contribution in [-0.4, -0.2) is 60.2 Å². The lowest BCUT2D eigenvalue weighted by molar-refractivity contribution is -0.196. The van der Waals surface area contributed by atoms with E-state index in [9.17, 15) is 51.0 Å². The van der Waals surface area contributed by atoms with Crippen LogP contribution in [0.1, 0.15) is 60.4 Å². The molecule has 45 heavy (non-hydrogen) atoms. The summed E-state index contributed by atoms with van der Waals surface area (Å²) in [5, 5.41) is 9.45. The molecule has 0 saturated carbocycles. The molecule has 2 aromatic carbocycles. The van der Waals surface area contributed by atoms with Crippen molar-refractivity contribution in [2.24, 2.45) is 17.3 Å². The van der Waals surface area contributed by atoms with E-state index in [0.29, 0.717) is 10.5 Å². The largest absolute Gasteiger partial charge is 0.474 e. The maximum Gasteiger partial charge on any atom is 0.395 e. The third-order valence-corrected chi connectivity index (χ3v) is 9.33. The summed E-state index contributed by atoms with van der Waals surface area (Å²) >= 11 is 0. The number of Topliss-reactive ketones (excluding diaryl/α,β-unsaturated/α-hetero) is 1. The Labute approximate surface area is 256 Å². The van der Waals surface area contributed by atoms with Gasteiger partial charge in [-0.2, -0.15) is 8.78 Å². The fourth-order valence-corrected chi connectivity index (χ4v) is 7.15. The van der Waals surface area contributed by atoms with Crippen LogP contribution in [0.3, 0.4) is 0 Å². The van der Waals surface area contributed by atoms with E-state index in [1.807, 2.05) is 33.9 Å². The predicted molar refractivity (Wildman–Crippen MR) is 147 cm³/mol. The SMILES string of the molecule is C[Si](C)O[C@](C)([C@H]1C(=O)N(C(=O)C(=O)O)[C@@H]1[C@H]1CCc2ccc(C(=O)Oc3c(F)c(F)c(F)c(F)c3F)cc2C1=O)C(C)(C)C. The first kappa shape index (κ1) is 33.9. The van der Waals surface area contributed by atoms with E-state index in [-0.39, 0.29) is 18.4 Å². The fourth-order valence-electron chi connectivity index (χ4n) is 5.87. The van der Waals surface area contributed by atoms with Gasteiger partial charge in [0.1, 0.15) is 0 Å². The summed E-state index contributed by atoms with van der Waals surface area (Å²) in [6, 6.07) is 2.26. The van der Waals surface area contributed by atoms with Gasteiger partial charge in [-0.15, -0.1) is 0 Å². The minimum absolute atomic E-state index is 0.0898. The molecular weight excluding hydrogens is 625 g/mol. The Morgan fingerprint density at radius 2 is 1.49 bits per heavy atom. The number of β-lactam (4-membered cyclic amide) rings is 1. The second-order valence-corrected chi connectivity index (χ2v) is 14.3. The van der Waals surface area contributed by atoms with Gasteiger partial charge in [0.05, 0.1) is 23.1 Å². The van der Waals surface area contributed by atoms with Crippen LogP contribution in [-0.2, 0) is 25.2 Å². The highest BCUT2D eigenvalue weighted by molar-refractivity contribution is 6.48. The minimum Gasteiger partial charge on any atom is -0.474 e. The number of ether oxygens (including phenoxy) is 1. The van der Waals surface area contributed by atoms with Gasteiger partial charge in [0, 0.05) is 11.5 Å². The van der Waals surface area contributed by atoms with Crippen molar-refractivity contribution in [3.8, 4) is 5.75 Å². The molecule has 1 N–H and O–H groups in total. The molecule has 0 spiro atoms. The van der Waals surface area contributed by atoms with Crippen molar-refractivity contribution in [1.29, 1.82) is 0 Å². The number of halogens is 5. The maximum atomic E-state index is 14.1. The Kier molecular flexibility index (Phi) is 8.85. The summed E-state index contributed by atoms with van der Waals surface area (Å²) < 4.78 is 79.7. The molecule has 0 unspecified atom stereocenters. The van der Waals surface area contributed by atoms with E-state index in [2.05, 4.69) is 4.74 Å². The molecule has 2 aliphatic rings. The van der Waals surface area contributed by atoms with Crippen molar-refractivity contribution < 1.29 is 60.2 Å². The number of fused-ring (bicyclic) bond motifs is 1. The topological polar surface area (TPSA) is 127 Å². The lowest BCUT2D eigenvalue weighted by atomic mass is 9.59. The molecule has 0 aromatic heterocycles. The standard InChI is InChI=1S/C30H29F5NO8Si/c1-29(2,3)30(4,44-45(5)6)16-22(36(25(16)38)26(39)27(40)41)14-10-9-12-7-8-13(11-15(12)23(14)37)28(42)43-24-20(34)18(32)17(31)19(33)21(24)35/h7-8,11,14,16,22H,9-10H2,1-6H3,(H,40,41)/t14-,16-,22-,30-/m1/s1. The van der Waals surface area contributed by atoms with Gasteiger partial charge in [-0.25, -0.2) is 22.8 Å². The van der Waals surface area contributed by atoms with E-state index in [1.54, 1.807) is 6.92 Å². The maximum absolute atomic E-state index is 14.1. The molecule has 2 amide bonds. The van der Waals surface area contributed by atoms with E-state index >= 15 is 0 Å². The molecular formula is C30H29F5NO8Si. The average Bonchev–Trinajstić information content (AvgIpc) is 2.95. The Morgan fingerprint density at radius 1 is 0.933 bits per heavy atom. The molecule has 241 valence electrons. The fraction of sp³-hybridized carbons (Fsp3) is 0.433. The van der Waals surface area contributed by atoms with E-state index in [0.717, 1.165) is 12.1 Å². The Balaban J connectivity index is 1.74. The molecule has 9 nitrogen and oxygen atoms in total. The first-order valence-electron chi connectivity index (χ1n) is 13.7. The van der Waals surface area contributed by atoms with Gasteiger partial charge in [-0.1, -0.05) is 26.8 Å². The summed E-state index contributed by atoms with van der Waals surface area (Å²) in [5.74, 6) is -22.3. The van der Waals surface area contributed by atoms with E-state index < -0.39 is 108 Å². The zero-order valence-corrected chi connectivity index (χ0v) is 26.0. The second-order valence-electron chi connectivity index (χ2n) is 12.3. The summed E-state index contributed by atoms with van der Waals surface area (Å²) in [4.78, 5) is 65.1. The molecule has 2 aromatic rings. The van der Waals surface area contributed by atoms with Gasteiger partial charge >= 0.3 is 17.8 Å². The van der Waals surface area contributed by atoms with Crippen molar-refractivity contribution in [3.05, 3.63) is 64.0 Å². The van der Waals surface area contributed by atoms with Crippen LogP contribution in [0.5, 0.6) is 5.75 Å². The van der Waals surface area contributed by atoms with Crippen molar-refractivity contribution in [2.45, 2.75) is 65.3 Å². The van der Waals surface area contributed by atoms with Crippen LogP contribution in [0, 0.1) is 46.3 Å². The number of benzene rings is 2. The number of hydrogen-bond acceptors (Lipinski definition) is 7. The molecule has 4 atom stereocenters. The summed E-state index contributed by atoms with van der Waals surface area (Å²) in [6.45, 7) is 10.8. The number of nitrogens with zero attached hydrogens (tertiary/aromatic N) is 1. The zero-order chi connectivity index (χ0) is 33.9. The molecule has 15 heteroatoms. The highest BCUT2D eigenvalue weighted by Gasteiger charge is 2.66. The molecule has 1 saturated heterocycles. The minimum atomic E-state index is -2.44. The number of ketones is 1. The van der Waals surface area contributed by atoms with Crippen LogP contribution in [0.15, 0.2) is 18.2 Å². The molecule has 1 aliphatic carbocycles. The third-order valence-electron chi connectivity index (χ3n) is 8.49. The van der Waals surface area contributed by atoms with Crippen molar-refractivity contribution in [1.82, 2.24) is 4.90 Å². The second kappa shape index (κ2) is 11.7. The van der Waals surface area contributed by atoms with Gasteiger partial charge < -0.3 is 14.3 Å². The summed E-state index contributed by atoms with van der Waals surface area (Å²) in [7, 11) is -1.47. The third kappa shape index (κ3) is 5.56. The van der Waals surface area contributed by atoms with Gasteiger partial charge in [-0.05, 0) is 56.0 Å². The number of likely N-dealkylation sites (tertiary alicyclic amines) is 1. The smallest absolute Gasteiger partial charge is 0.395 e. The number of hydrogen-bond donors (Lipinski definition) is 1. The Hall–Kier alpha value is -3.98. The average molecular weight is 655 g/mol. The number of esters is 1. The number of carbonyl (C=O) groups is 5. The molecule has 1 heterocycles. The number of amides is 2. The van der Waals surface area contributed by atoms with Gasteiger partial charge in [-0.3, -0.25) is 19.3 Å². The number of imide groups is 1. The van der Waals surface area contributed by atoms with Crippen molar-refractivity contribution in [2.75, 3.05) is 0 Å². The Morgan fingerprint density at radius 3 is 2.00 bits per heavy atom. The molecule has 0 bridgehead atoms. The summed E-state index contributed by atoms with van der Waals surface area (Å²) in [5.41, 5.74) is -2.10. The van der Waals surface area contributed by atoms with Crippen molar-refractivity contribution >= 4 is 38.6 Å². The lowest BCUT2D eigenvalue weighted by Crippen LogP contribution is -2.76. The molecule has 4 rings (SSSR count). The van der Waals surface area contributed by atoms with Crippen LogP contribution < -0.4 is 4.74 Å². The highest BCUT2D eigenvalue weighted by atomic mass is 28.3. The quantitative estimate of drug-likeness (QED) is 0.0685. The number of carbonyl (C=O) groups excluding carboxylic acids is 4.